The average Bonchev–Trinajstić information content (AvgIpc) is 2.32. The molecule has 27 heavy (non-hydrogen) atoms. The quantitative estimate of drug-likeness (QED) is 0.136. The maximum Gasteiger partial charge on any atom is 1.00 e. The zero-order valence-corrected chi connectivity index (χ0v) is 26.2. The van der Waals surface area contributed by atoms with Crippen molar-refractivity contribution in [3.05, 3.63) is 0 Å². The van der Waals surface area contributed by atoms with Crippen molar-refractivity contribution >= 4 is 23.5 Å². The Bertz CT molecular complexity index is 587. The number of phosphoric ester groups is 3. The van der Waals surface area contributed by atoms with Crippen LogP contribution in [0.5, 0.6) is 0 Å². The second kappa shape index (κ2) is 14.5. The van der Waals surface area contributed by atoms with E-state index in [4.69, 9.17) is 14.7 Å². The summed E-state index contributed by atoms with van der Waals surface area (Å²) in [5.41, 5.74) is 0. The summed E-state index contributed by atoms with van der Waals surface area (Å²) in [5.74, 6) is 0. The molecule has 0 heterocycles. The maximum atomic E-state index is 10.9. The van der Waals surface area contributed by atoms with Crippen molar-refractivity contribution < 1.29 is 226 Å². The zero-order chi connectivity index (χ0) is 19.1. The predicted molar refractivity (Wildman–Crippen MR) is 62.1 cm³/mol. The first kappa shape index (κ1) is 36.7. The van der Waals surface area contributed by atoms with Gasteiger partial charge in [-0.25, -0.2) is 4.57 Å². The molecule has 1 rings (SSSR count). The van der Waals surface area contributed by atoms with E-state index in [-0.39, 0.29) is 154 Å². The van der Waals surface area contributed by atoms with E-state index in [9.17, 15) is 43.7 Å². The van der Waals surface area contributed by atoms with Crippen molar-refractivity contribution in [2.75, 3.05) is 0 Å². The van der Waals surface area contributed by atoms with Gasteiger partial charge in [0.25, 0.3) is 7.82 Å². The van der Waals surface area contributed by atoms with E-state index in [1.165, 1.54) is 0 Å². The molecule has 0 aromatic heterocycles. The van der Waals surface area contributed by atoms with Crippen LogP contribution in [0.1, 0.15) is 0 Å². The summed E-state index contributed by atoms with van der Waals surface area (Å²) in [6, 6.07) is 0. The summed E-state index contributed by atoms with van der Waals surface area (Å²) >= 11 is 0. The largest absolute Gasteiger partial charge is 1.00 e. The molecular formula is C6H12K3O15P3. The minimum absolute atomic E-state index is 0. The average molecular weight is 534 g/mol. The molecule has 0 radical (unpaired) electrons. The van der Waals surface area contributed by atoms with E-state index in [0.717, 1.165) is 0 Å². The molecule has 0 amide bonds. The van der Waals surface area contributed by atoms with Crippen LogP contribution in [0, 0.1) is 0 Å². The van der Waals surface area contributed by atoms with Gasteiger partial charge in [-0.3, -0.25) is 9.09 Å². The van der Waals surface area contributed by atoms with Crippen LogP contribution < -0.4 is 169 Å². The third-order valence-electron chi connectivity index (χ3n) is 2.78. The molecule has 21 heteroatoms. The molecular weight excluding hydrogens is 522 g/mol. The summed E-state index contributed by atoms with van der Waals surface area (Å²) in [4.78, 5) is 58.0. The molecule has 6 N–H and O–H groups in total. The molecule has 1 unspecified atom stereocenters. The fourth-order valence-electron chi connectivity index (χ4n) is 2.00. The third-order valence-corrected chi connectivity index (χ3v) is 4.31. The number of phosphoric acid groups is 3. The van der Waals surface area contributed by atoms with Gasteiger partial charge in [0.1, 0.15) is 36.6 Å². The molecule has 7 atom stereocenters. The summed E-state index contributed by atoms with van der Waals surface area (Å²) in [6.45, 7) is 0. The van der Waals surface area contributed by atoms with E-state index >= 15 is 0 Å². The van der Waals surface area contributed by atoms with E-state index < -0.39 is 60.1 Å². The molecule has 0 saturated heterocycles. The molecule has 0 aromatic rings. The van der Waals surface area contributed by atoms with Gasteiger partial charge < -0.3 is 58.3 Å². The molecule has 1 fully saturated rings. The van der Waals surface area contributed by atoms with Gasteiger partial charge >= 0.3 is 162 Å². The first-order valence-electron chi connectivity index (χ1n) is 5.72. The van der Waals surface area contributed by atoms with Gasteiger partial charge in [-0.1, -0.05) is 0 Å². The Morgan fingerprint density at radius 2 is 1.00 bits per heavy atom. The Hall–Kier alpha value is 5.12. The topological polar surface area (TPSA) is 269 Å². The molecule has 0 aromatic carbocycles. The summed E-state index contributed by atoms with van der Waals surface area (Å²) in [6.07, 6.45) is -15.0. The van der Waals surface area contributed by atoms with Crippen LogP contribution in [-0.4, -0.2) is 66.6 Å². The van der Waals surface area contributed by atoms with Gasteiger partial charge in [0.2, 0.25) is 0 Å². The molecule has 1 saturated carbocycles. The number of hydrogen-bond acceptors (Lipinski definition) is 12. The van der Waals surface area contributed by atoms with Gasteiger partial charge in [0.15, 0.2) is 0 Å². The molecule has 0 aliphatic heterocycles. The van der Waals surface area contributed by atoms with Gasteiger partial charge in [-0.15, -0.1) is 0 Å². The molecule has 0 bridgehead atoms. The summed E-state index contributed by atoms with van der Waals surface area (Å²) in [7, 11) is -17.0. The van der Waals surface area contributed by atoms with Crippen molar-refractivity contribution in [3.8, 4) is 0 Å². The van der Waals surface area contributed by atoms with Gasteiger partial charge in [0.05, 0.1) is 7.82 Å². The summed E-state index contributed by atoms with van der Waals surface area (Å²) < 4.78 is 43.9. The van der Waals surface area contributed by atoms with Crippen molar-refractivity contribution in [2.24, 2.45) is 0 Å². The second-order valence-electron chi connectivity index (χ2n) is 4.59. The van der Waals surface area contributed by atoms with Gasteiger partial charge in [-0.2, -0.15) is 0 Å². The molecule has 1 aliphatic rings. The first-order valence-corrected chi connectivity index (χ1v) is 10.2. The van der Waals surface area contributed by atoms with E-state index in [1.807, 2.05) is 0 Å². The van der Waals surface area contributed by atoms with Crippen molar-refractivity contribution in [3.63, 3.8) is 0 Å². The van der Waals surface area contributed by atoms with Gasteiger partial charge in [-0.05, 0) is 0 Å². The van der Waals surface area contributed by atoms with Crippen molar-refractivity contribution in [2.45, 2.75) is 36.6 Å². The summed E-state index contributed by atoms with van der Waals surface area (Å²) in [5, 5.41) is 29.1. The van der Waals surface area contributed by atoms with Crippen LogP contribution in [0.4, 0.5) is 0 Å². The number of aliphatic hydroxyl groups excluding tert-OH is 3. The number of aliphatic hydroxyl groups is 3. The Balaban J connectivity index is -0.00000192. The number of hydrogen-bond donors (Lipinski definition) is 6. The van der Waals surface area contributed by atoms with E-state index in [2.05, 4.69) is 13.6 Å². The standard InChI is InChI=1S/C6H15O15P3.3K/c7-1-2(8)5(20-23(13,14)15)6(21-24(16,17)18)3(9)4(1)19-22(10,11)12;;;/h1-9H,(H2,10,11,12)(H2,13,14,15)(H2,16,17,18);;;/q;3*+1/p-3/t1-,2+,3+,4-,5-,6-;;;/m0.../s1. The maximum absolute atomic E-state index is 10.9. The first-order chi connectivity index (χ1) is 10.5. The molecule has 0 spiro atoms. The minimum Gasteiger partial charge on any atom is -0.790 e. The fourth-order valence-corrected chi connectivity index (χ4v) is 3.66. The van der Waals surface area contributed by atoms with Crippen molar-refractivity contribution in [1.82, 2.24) is 0 Å². The molecule has 1 aliphatic carbocycles. The van der Waals surface area contributed by atoms with Crippen LogP contribution in [0.15, 0.2) is 0 Å². The van der Waals surface area contributed by atoms with E-state index in [0.29, 0.717) is 0 Å². The monoisotopic (exact) mass is 534 g/mol. The second-order valence-corrected chi connectivity index (χ2v) is 8.03. The number of rotatable bonds is 6. The minimum atomic E-state index is -5.86. The Morgan fingerprint density at radius 1 is 0.630 bits per heavy atom. The SMILES string of the molecule is O=P([O-])([O-])O[C@@H]1[C@@H](O)[C@H](OP(=O)(O)O)[C@@H](OP(=O)([O-])O)[C@H](O)[C@@H]1O.[K+].[K+].[K+]. The predicted octanol–water partition coefficient (Wildman–Crippen LogP) is -14.4. The fraction of sp³-hybridized carbons (Fsp3) is 1.00. The third kappa shape index (κ3) is 13.6. The molecule has 144 valence electrons. The van der Waals surface area contributed by atoms with Crippen molar-refractivity contribution in [1.29, 1.82) is 0 Å². The normalized spacial score (nSPS) is 33.7. The Kier molecular flexibility index (Phi) is 19.7. The van der Waals surface area contributed by atoms with Crippen LogP contribution in [0.3, 0.4) is 0 Å². The van der Waals surface area contributed by atoms with Crippen LogP contribution in [0.25, 0.3) is 0 Å². The zero-order valence-electron chi connectivity index (χ0n) is 14.2. The van der Waals surface area contributed by atoms with Crippen LogP contribution in [-0.2, 0) is 27.3 Å². The Labute approximate surface area is 279 Å². The Morgan fingerprint density at radius 3 is 1.33 bits per heavy atom. The van der Waals surface area contributed by atoms with Gasteiger partial charge in [0, 0.05) is 0 Å². The molecule has 15 nitrogen and oxygen atoms in total. The van der Waals surface area contributed by atoms with E-state index in [1.54, 1.807) is 0 Å². The smallest absolute Gasteiger partial charge is 0.790 e. The van der Waals surface area contributed by atoms with Crippen LogP contribution in [0.2, 0.25) is 0 Å². The van der Waals surface area contributed by atoms with Crippen LogP contribution >= 0.6 is 23.5 Å².